The van der Waals surface area contributed by atoms with Gasteiger partial charge in [-0.05, 0) is 63.1 Å². The van der Waals surface area contributed by atoms with Gasteiger partial charge in [0.15, 0.2) is 11.5 Å². The zero-order chi connectivity index (χ0) is 17.8. The third-order valence-electron chi connectivity index (χ3n) is 3.98. The van der Waals surface area contributed by atoms with Crippen LogP contribution in [-0.4, -0.2) is 23.4 Å². The van der Waals surface area contributed by atoms with Gasteiger partial charge in [-0.1, -0.05) is 17.3 Å². The largest absolute Gasteiger partial charge is 0.490 e. The number of aromatic nitrogens is 2. The van der Waals surface area contributed by atoms with Gasteiger partial charge in [0, 0.05) is 11.1 Å². The summed E-state index contributed by atoms with van der Waals surface area (Å²) >= 11 is 0. The van der Waals surface area contributed by atoms with Crippen molar-refractivity contribution in [3.63, 3.8) is 0 Å². The normalized spacial score (nSPS) is 10.7. The summed E-state index contributed by atoms with van der Waals surface area (Å²) in [6.45, 7) is 9.17. The molecule has 1 aromatic heterocycles. The molecule has 0 N–H and O–H groups in total. The van der Waals surface area contributed by atoms with Gasteiger partial charge in [-0.3, -0.25) is 0 Å². The average Bonchev–Trinajstić information content (AvgIpc) is 3.09. The van der Waals surface area contributed by atoms with E-state index in [0.29, 0.717) is 36.4 Å². The lowest BCUT2D eigenvalue weighted by Crippen LogP contribution is -1.98. The average molecular weight is 338 g/mol. The van der Waals surface area contributed by atoms with E-state index in [-0.39, 0.29) is 0 Å². The summed E-state index contributed by atoms with van der Waals surface area (Å²) in [5.41, 5.74) is 4.17. The number of ether oxygens (including phenoxy) is 2. The number of hydrogen-bond acceptors (Lipinski definition) is 5. The molecule has 0 saturated heterocycles. The molecular formula is C20H22N2O3. The third kappa shape index (κ3) is 3.65. The molecule has 0 aliphatic carbocycles. The molecule has 25 heavy (non-hydrogen) atoms. The van der Waals surface area contributed by atoms with Crippen LogP contribution in [0.4, 0.5) is 0 Å². The van der Waals surface area contributed by atoms with Crippen LogP contribution in [0, 0.1) is 13.8 Å². The Morgan fingerprint density at radius 2 is 1.56 bits per heavy atom. The maximum Gasteiger partial charge on any atom is 0.258 e. The van der Waals surface area contributed by atoms with Crippen LogP contribution in [0.25, 0.3) is 22.8 Å². The molecule has 0 saturated carbocycles. The van der Waals surface area contributed by atoms with Gasteiger partial charge in [-0.2, -0.15) is 4.98 Å². The first-order chi connectivity index (χ1) is 12.1. The van der Waals surface area contributed by atoms with E-state index in [9.17, 15) is 0 Å². The van der Waals surface area contributed by atoms with Crippen molar-refractivity contribution >= 4 is 0 Å². The first-order valence-electron chi connectivity index (χ1n) is 8.43. The van der Waals surface area contributed by atoms with Crippen molar-refractivity contribution in [1.29, 1.82) is 0 Å². The molecular weight excluding hydrogens is 316 g/mol. The molecule has 0 amide bonds. The van der Waals surface area contributed by atoms with Gasteiger partial charge in [-0.25, -0.2) is 0 Å². The molecule has 0 atom stereocenters. The lowest BCUT2D eigenvalue weighted by Gasteiger charge is -2.11. The molecule has 5 heteroatoms. The Bertz CT molecular complexity index is 871. The zero-order valence-electron chi connectivity index (χ0n) is 15.0. The molecule has 0 bridgehead atoms. The molecule has 5 nitrogen and oxygen atoms in total. The van der Waals surface area contributed by atoms with E-state index in [2.05, 4.69) is 36.1 Å². The molecule has 0 spiro atoms. The van der Waals surface area contributed by atoms with Crippen LogP contribution >= 0.6 is 0 Å². The lowest BCUT2D eigenvalue weighted by atomic mass is 10.1. The molecule has 0 unspecified atom stereocenters. The first kappa shape index (κ1) is 17.0. The molecule has 0 aliphatic heterocycles. The highest BCUT2D eigenvalue weighted by Crippen LogP contribution is 2.33. The summed E-state index contributed by atoms with van der Waals surface area (Å²) in [5.74, 6) is 2.41. The predicted molar refractivity (Wildman–Crippen MR) is 97.0 cm³/mol. The SMILES string of the molecule is CCOc1ccc(-c2nc(-c3ccc(C)c(C)c3)no2)cc1OCC. The zero-order valence-corrected chi connectivity index (χ0v) is 15.0. The van der Waals surface area contributed by atoms with Crippen LogP contribution in [-0.2, 0) is 0 Å². The van der Waals surface area contributed by atoms with Crippen molar-refractivity contribution in [3.8, 4) is 34.3 Å². The van der Waals surface area contributed by atoms with E-state index in [1.165, 1.54) is 11.1 Å². The maximum atomic E-state index is 5.66. The van der Waals surface area contributed by atoms with Crippen LogP contribution in [0.2, 0.25) is 0 Å². The van der Waals surface area contributed by atoms with E-state index in [1.807, 2.05) is 38.1 Å². The molecule has 3 aromatic rings. The predicted octanol–water partition coefficient (Wildman–Crippen LogP) is 4.82. The lowest BCUT2D eigenvalue weighted by molar-refractivity contribution is 0.288. The molecule has 0 aliphatic rings. The smallest absolute Gasteiger partial charge is 0.258 e. The fourth-order valence-electron chi connectivity index (χ4n) is 2.52. The highest BCUT2D eigenvalue weighted by molar-refractivity contribution is 5.63. The van der Waals surface area contributed by atoms with Crippen molar-refractivity contribution < 1.29 is 14.0 Å². The second-order valence-corrected chi connectivity index (χ2v) is 5.75. The van der Waals surface area contributed by atoms with Gasteiger partial charge < -0.3 is 14.0 Å². The molecule has 1 heterocycles. The van der Waals surface area contributed by atoms with E-state index < -0.39 is 0 Å². The van der Waals surface area contributed by atoms with Gasteiger partial charge >= 0.3 is 0 Å². The Kier molecular flexibility index (Phi) is 5.03. The second kappa shape index (κ2) is 7.38. The van der Waals surface area contributed by atoms with Crippen molar-refractivity contribution in [2.24, 2.45) is 0 Å². The Balaban J connectivity index is 1.93. The quantitative estimate of drug-likeness (QED) is 0.645. The Morgan fingerprint density at radius 3 is 2.28 bits per heavy atom. The number of nitrogens with zero attached hydrogens (tertiary/aromatic N) is 2. The number of aryl methyl sites for hydroxylation is 2. The van der Waals surface area contributed by atoms with Crippen LogP contribution < -0.4 is 9.47 Å². The Morgan fingerprint density at radius 1 is 0.840 bits per heavy atom. The topological polar surface area (TPSA) is 57.4 Å². The summed E-state index contributed by atoms with van der Waals surface area (Å²) in [6, 6.07) is 11.8. The van der Waals surface area contributed by atoms with E-state index >= 15 is 0 Å². The molecule has 3 rings (SSSR count). The van der Waals surface area contributed by atoms with Crippen LogP contribution in [0.1, 0.15) is 25.0 Å². The van der Waals surface area contributed by atoms with Gasteiger partial charge in [0.1, 0.15) is 0 Å². The third-order valence-corrected chi connectivity index (χ3v) is 3.98. The number of hydrogen-bond donors (Lipinski definition) is 0. The highest BCUT2D eigenvalue weighted by Gasteiger charge is 2.14. The Hall–Kier alpha value is -2.82. The fraction of sp³-hybridized carbons (Fsp3) is 0.300. The standard InChI is InChI=1S/C20H22N2O3/c1-5-23-17-10-9-16(12-18(17)24-6-2)20-21-19(22-25-20)15-8-7-13(3)14(4)11-15/h7-12H,5-6H2,1-4H3. The minimum Gasteiger partial charge on any atom is -0.490 e. The first-order valence-corrected chi connectivity index (χ1v) is 8.43. The van der Waals surface area contributed by atoms with Gasteiger partial charge in [0.2, 0.25) is 5.82 Å². The molecule has 2 aromatic carbocycles. The molecule has 0 fully saturated rings. The fourth-order valence-corrected chi connectivity index (χ4v) is 2.52. The summed E-state index contributed by atoms with van der Waals surface area (Å²) in [7, 11) is 0. The van der Waals surface area contributed by atoms with Crippen molar-refractivity contribution in [2.75, 3.05) is 13.2 Å². The second-order valence-electron chi connectivity index (χ2n) is 5.75. The van der Waals surface area contributed by atoms with Crippen molar-refractivity contribution in [3.05, 3.63) is 47.5 Å². The minimum atomic E-state index is 0.456. The Labute approximate surface area is 147 Å². The van der Waals surface area contributed by atoms with Crippen LogP contribution in [0.15, 0.2) is 40.9 Å². The minimum absolute atomic E-state index is 0.456. The van der Waals surface area contributed by atoms with E-state index in [4.69, 9.17) is 14.0 Å². The molecule has 0 radical (unpaired) electrons. The summed E-state index contributed by atoms with van der Waals surface area (Å²) in [4.78, 5) is 4.52. The summed E-state index contributed by atoms with van der Waals surface area (Å²) < 4.78 is 16.7. The monoisotopic (exact) mass is 338 g/mol. The van der Waals surface area contributed by atoms with Crippen molar-refractivity contribution in [1.82, 2.24) is 10.1 Å². The van der Waals surface area contributed by atoms with Gasteiger partial charge in [-0.15, -0.1) is 0 Å². The number of benzene rings is 2. The van der Waals surface area contributed by atoms with Crippen LogP contribution in [0.5, 0.6) is 11.5 Å². The van der Waals surface area contributed by atoms with Gasteiger partial charge in [0.05, 0.1) is 13.2 Å². The van der Waals surface area contributed by atoms with E-state index in [1.54, 1.807) is 0 Å². The van der Waals surface area contributed by atoms with Gasteiger partial charge in [0.25, 0.3) is 5.89 Å². The summed E-state index contributed by atoms with van der Waals surface area (Å²) in [5, 5.41) is 4.11. The van der Waals surface area contributed by atoms with Crippen molar-refractivity contribution in [2.45, 2.75) is 27.7 Å². The van der Waals surface area contributed by atoms with E-state index in [0.717, 1.165) is 11.1 Å². The highest BCUT2D eigenvalue weighted by atomic mass is 16.5. The maximum absolute atomic E-state index is 5.66. The molecule has 130 valence electrons. The summed E-state index contributed by atoms with van der Waals surface area (Å²) in [6.07, 6.45) is 0. The number of rotatable bonds is 6. The van der Waals surface area contributed by atoms with Crippen LogP contribution in [0.3, 0.4) is 0 Å².